The molecule has 0 saturated carbocycles. The maximum absolute atomic E-state index is 12.3. The van der Waals surface area contributed by atoms with Gasteiger partial charge in [0.2, 0.25) is 11.8 Å². The zero-order valence-corrected chi connectivity index (χ0v) is 10.9. The average molecular weight is 267 g/mol. The molecule has 0 bridgehead atoms. The topological polar surface area (TPSA) is 79.4 Å². The number of nitrogens with zero attached hydrogens (tertiary/aromatic N) is 2. The van der Waals surface area contributed by atoms with Crippen molar-refractivity contribution >= 4 is 29.1 Å². The molecule has 0 spiro atoms. The van der Waals surface area contributed by atoms with Gasteiger partial charge in [0.15, 0.2) is 0 Å². The number of aryl methyl sites for hydroxylation is 1. The Morgan fingerprint density at radius 2 is 2.33 bits per heavy atom. The Morgan fingerprint density at radius 3 is 2.89 bits per heavy atom. The number of hydrogen-bond acceptors (Lipinski definition) is 5. The molecule has 1 aromatic heterocycles. The molecule has 6 nitrogen and oxygen atoms in total. The zero-order chi connectivity index (χ0) is 13.3. The van der Waals surface area contributed by atoms with Crippen molar-refractivity contribution in [2.24, 2.45) is 0 Å². The summed E-state index contributed by atoms with van der Waals surface area (Å²) >= 11 is 1.22. The first-order chi connectivity index (χ1) is 8.54. The van der Waals surface area contributed by atoms with Crippen LogP contribution < -0.4 is 5.32 Å². The lowest BCUT2D eigenvalue weighted by atomic mass is 10.1. The first-order valence-electron chi connectivity index (χ1n) is 5.59. The second-order valence-corrected chi connectivity index (χ2v) is 4.89. The Bertz CT molecular complexity index is 511. The molecular weight excluding hydrogens is 254 g/mol. The van der Waals surface area contributed by atoms with Crippen molar-refractivity contribution < 1.29 is 14.4 Å². The van der Waals surface area contributed by atoms with E-state index in [0.29, 0.717) is 17.0 Å². The third-order valence-corrected chi connectivity index (χ3v) is 3.76. The van der Waals surface area contributed by atoms with Gasteiger partial charge in [0.1, 0.15) is 17.5 Å². The van der Waals surface area contributed by atoms with Crippen LogP contribution in [0.5, 0.6) is 0 Å². The van der Waals surface area contributed by atoms with Crippen molar-refractivity contribution in [1.29, 1.82) is 0 Å². The zero-order valence-electron chi connectivity index (χ0n) is 10.1. The molecule has 18 heavy (non-hydrogen) atoms. The van der Waals surface area contributed by atoms with Crippen LogP contribution in [-0.4, -0.2) is 40.2 Å². The van der Waals surface area contributed by atoms with Crippen LogP contribution in [0.4, 0.5) is 0 Å². The third kappa shape index (κ3) is 2.13. The largest absolute Gasteiger partial charge is 0.317 e. The summed E-state index contributed by atoms with van der Waals surface area (Å²) in [7, 11) is 0. The van der Waals surface area contributed by atoms with Crippen molar-refractivity contribution in [3.05, 3.63) is 16.1 Å². The number of thiazole rings is 1. The first-order valence-corrected chi connectivity index (χ1v) is 6.47. The van der Waals surface area contributed by atoms with Crippen LogP contribution in [0.1, 0.15) is 28.7 Å². The maximum atomic E-state index is 12.3. The fraction of sp³-hybridized carbons (Fsp3) is 0.455. The normalized spacial score (nSPS) is 19.9. The minimum atomic E-state index is -0.586. The lowest BCUT2D eigenvalue weighted by Gasteiger charge is -2.33. The Kier molecular flexibility index (Phi) is 3.42. The van der Waals surface area contributed by atoms with Crippen LogP contribution in [-0.2, 0) is 9.59 Å². The lowest BCUT2D eigenvalue weighted by Crippen LogP contribution is -2.59. The van der Waals surface area contributed by atoms with Crippen LogP contribution >= 0.6 is 11.3 Å². The fourth-order valence-electron chi connectivity index (χ4n) is 1.92. The van der Waals surface area contributed by atoms with Gasteiger partial charge >= 0.3 is 0 Å². The maximum Gasteiger partial charge on any atom is 0.267 e. The molecule has 0 radical (unpaired) electrons. The van der Waals surface area contributed by atoms with Crippen LogP contribution in [0.15, 0.2) is 5.51 Å². The molecule has 96 valence electrons. The summed E-state index contributed by atoms with van der Waals surface area (Å²) in [5.41, 5.74) is 2.20. The second-order valence-electron chi connectivity index (χ2n) is 4.04. The molecule has 1 unspecified atom stereocenters. The van der Waals surface area contributed by atoms with E-state index in [4.69, 9.17) is 0 Å². The van der Waals surface area contributed by atoms with Crippen LogP contribution in [0.25, 0.3) is 0 Å². The highest BCUT2D eigenvalue weighted by atomic mass is 32.1. The van der Waals surface area contributed by atoms with Gasteiger partial charge in [-0.3, -0.25) is 19.7 Å². The summed E-state index contributed by atoms with van der Waals surface area (Å²) in [5, 5.41) is 2.24. The monoisotopic (exact) mass is 267 g/mol. The van der Waals surface area contributed by atoms with Crippen molar-refractivity contribution in [3.8, 4) is 0 Å². The van der Waals surface area contributed by atoms with Crippen molar-refractivity contribution in [2.45, 2.75) is 26.3 Å². The third-order valence-electron chi connectivity index (χ3n) is 2.84. The van der Waals surface area contributed by atoms with E-state index in [1.807, 2.05) is 0 Å². The quantitative estimate of drug-likeness (QED) is 0.783. The Hall–Kier alpha value is -1.76. The van der Waals surface area contributed by atoms with Gasteiger partial charge in [0, 0.05) is 0 Å². The molecule has 3 amide bonds. The van der Waals surface area contributed by atoms with Crippen LogP contribution in [0.3, 0.4) is 0 Å². The average Bonchev–Trinajstić information content (AvgIpc) is 2.73. The summed E-state index contributed by atoms with van der Waals surface area (Å²) in [6, 6.07) is -0.586. The van der Waals surface area contributed by atoms with Gasteiger partial charge in [-0.05, 0) is 13.3 Å². The molecular formula is C11H13N3O3S. The van der Waals surface area contributed by atoms with Gasteiger partial charge < -0.3 is 4.90 Å². The van der Waals surface area contributed by atoms with E-state index >= 15 is 0 Å². The molecule has 1 aromatic rings. The number of nitrogens with one attached hydrogen (secondary N) is 1. The molecule has 7 heteroatoms. The molecule has 1 atom stereocenters. The van der Waals surface area contributed by atoms with Crippen molar-refractivity contribution in [1.82, 2.24) is 15.2 Å². The highest BCUT2D eigenvalue weighted by molar-refractivity contribution is 7.11. The fourth-order valence-corrected chi connectivity index (χ4v) is 2.68. The highest BCUT2D eigenvalue weighted by Gasteiger charge is 2.36. The predicted octanol–water partition coefficient (Wildman–Crippen LogP) is 0.329. The number of piperazine rings is 1. The van der Waals surface area contributed by atoms with E-state index in [1.54, 1.807) is 19.4 Å². The summed E-state index contributed by atoms with van der Waals surface area (Å²) in [6.07, 6.45) is 0.475. The molecule has 2 rings (SSSR count). The smallest absolute Gasteiger partial charge is 0.267 e. The standard InChI is InChI=1S/C11H13N3O3S/c1-3-7-10(16)13-8(15)4-14(7)11(17)9-6(2)12-5-18-9/h5,7H,3-4H2,1-2H3,(H,13,15,16). The number of imide groups is 1. The molecule has 0 aromatic carbocycles. The van der Waals surface area contributed by atoms with Gasteiger partial charge in [-0.2, -0.15) is 0 Å². The second kappa shape index (κ2) is 4.85. The molecule has 1 aliphatic rings. The van der Waals surface area contributed by atoms with Gasteiger partial charge in [-0.15, -0.1) is 11.3 Å². The van der Waals surface area contributed by atoms with Gasteiger partial charge in [-0.1, -0.05) is 6.92 Å². The first kappa shape index (κ1) is 12.7. The molecule has 1 fully saturated rings. The van der Waals surface area contributed by atoms with Gasteiger partial charge in [-0.25, -0.2) is 4.98 Å². The lowest BCUT2D eigenvalue weighted by molar-refractivity contribution is -0.138. The highest BCUT2D eigenvalue weighted by Crippen LogP contribution is 2.19. The molecule has 1 saturated heterocycles. The van der Waals surface area contributed by atoms with E-state index < -0.39 is 17.9 Å². The number of aromatic nitrogens is 1. The number of amides is 3. The van der Waals surface area contributed by atoms with Crippen LogP contribution in [0.2, 0.25) is 0 Å². The molecule has 1 N–H and O–H groups in total. The van der Waals surface area contributed by atoms with Crippen LogP contribution in [0, 0.1) is 6.92 Å². The number of hydrogen-bond donors (Lipinski definition) is 1. The number of rotatable bonds is 2. The Labute approximate surface area is 108 Å². The summed E-state index contributed by atoms with van der Waals surface area (Å²) in [4.78, 5) is 41.2. The minimum Gasteiger partial charge on any atom is -0.317 e. The van der Waals surface area contributed by atoms with Gasteiger partial charge in [0.05, 0.1) is 11.2 Å². The van der Waals surface area contributed by atoms with E-state index in [0.717, 1.165) is 0 Å². The molecule has 0 aliphatic carbocycles. The SMILES string of the molecule is CCC1C(=O)NC(=O)CN1C(=O)c1scnc1C. The van der Waals surface area contributed by atoms with E-state index in [1.165, 1.54) is 16.2 Å². The summed E-state index contributed by atoms with van der Waals surface area (Å²) < 4.78 is 0. The van der Waals surface area contributed by atoms with Gasteiger partial charge in [0.25, 0.3) is 5.91 Å². The van der Waals surface area contributed by atoms with Crippen molar-refractivity contribution in [2.75, 3.05) is 6.54 Å². The molecule has 2 heterocycles. The van der Waals surface area contributed by atoms with E-state index in [2.05, 4.69) is 10.3 Å². The minimum absolute atomic E-state index is 0.0829. The Morgan fingerprint density at radius 1 is 1.61 bits per heavy atom. The van der Waals surface area contributed by atoms with Crippen molar-refractivity contribution in [3.63, 3.8) is 0 Å². The van der Waals surface area contributed by atoms with E-state index in [-0.39, 0.29) is 12.5 Å². The van der Waals surface area contributed by atoms with E-state index in [9.17, 15) is 14.4 Å². The summed E-state index contributed by atoms with van der Waals surface area (Å²) in [6.45, 7) is 3.46. The number of carbonyl (C=O) groups excluding carboxylic acids is 3. The summed E-state index contributed by atoms with van der Waals surface area (Å²) in [5.74, 6) is -1.16. The molecule has 1 aliphatic heterocycles. The Balaban J connectivity index is 2.30. The predicted molar refractivity (Wildman–Crippen MR) is 65.1 cm³/mol. The number of carbonyl (C=O) groups is 3.